The van der Waals surface area contributed by atoms with Crippen LogP contribution in [0, 0.1) is 6.92 Å². The Morgan fingerprint density at radius 1 is 1.21 bits per heavy atom. The molecule has 1 heterocycles. The molecule has 3 heteroatoms. The Kier molecular flexibility index (Phi) is 2.14. The Morgan fingerprint density at radius 2 is 2.00 bits per heavy atom. The number of nitrogens with zero attached hydrogens (tertiary/aromatic N) is 1. The average Bonchev–Trinajstić information content (AvgIpc) is 2.20. The summed E-state index contributed by atoms with van der Waals surface area (Å²) in [7, 11) is 0. The van der Waals surface area contributed by atoms with Crippen molar-refractivity contribution in [2.45, 2.75) is 6.92 Å². The molecule has 1 aromatic heterocycles. The van der Waals surface area contributed by atoms with E-state index in [-0.39, 0.29) is 5.56 Å². The van der Waals surface area contributed by atoms with Crippen LogP contribution in [-0.2, 0) is 0 Å². The van der Waals surface area contributed by atoms with Crippen LogP contribution in [0.15, 0.2) is 41.6 Å². The first-order valence-corrected chi connectivity index (χ1v) is 4.38. The van der Waals surface area contributed by atoms with Gasteiger partial charge in [0.1, 0.15) is 0 Å². The van der Waals surface area contributed by atoms with Crippen molar-refractivity contribution in [3.8, 4) is 11.1 Å². The van der Waals surface area contributed by atoms with Gasteiger partial charge in [0.05, 0.1) is 11.9 Å². The van der Waals surface area contributed by atoms with E-state index < -0.39 is 0 Å². The third kappa shape index (κ3) is 1.44. The lowest BCUT2D eigenvalue weighted by molar-refractivity contribution is 1.12. The molecule has 0 radical (unpaired) electrons. The van der Waals surface area contributed by atoms with Gasteiger partial charge in [-0.3, -0.25) is 4.79 Å². The molecule has 0 bridgehead atoms. The normalized spacial score (nSPS) is 10.1. The highest BCUT2D eigenvalue weighted by Gasteiger charge is 2.04. The van der Waals surface area contributed by atoms with E-state index in [1.165, 1.54) is 6.33 Å². The Hall–Kier alpha value is -1.90. The minimum atomic E-state index is -0.102. The van der Waals surface area contributed by atoms with Crippen LogP contribution in [0.4, 0.5) is 0 Å². The van der Waals surface area contributed by atoms with Crippen molar-refractivity contribution in [2.24, 2.45) is 0 Å². The van der Waals surface area contributed by atoms with Crippen molar-refractivity contribution in [3.63, 3.8) is 0 Å². The molecule has 0 atom stereocenters. The number of nitrogens with one attached hydrogen (secondary N) is 1. The summed E-state index contributed by atoms with van der Waals surface area (Å²) < 4.78 is 0. The fourth-order valence-electron chi connectivity index (χ4n) is 1.41. The highest BCUT2D eigenvalue weighted by Crippen LogP contribution is 2.17. The van der Waals surface area contributed by atoms with E-state index in [0.29, 0.717) is 5.56 Å². The van der Waals surface area contributed by atoms with Crippen molar-refractivity contribution in [3.05, 3.63) is 52.7 Å². The van der Waals surface area contributed by atoms with Gasteiger partial charge in [-0.25, -0.2) is 4.98 Å². The molecule has 0 amide bonds. The third-order valence-corrected chi connectivity index (χ3v) is 2.15. The largest absolute Gasteiger partial charge is 0.313 e. The Balaban J connectivity index is 2.67. The Bertz CT molecular complexity index is 502. The van der Waals surface area contributed by atoms with Gasteiger partial charge in [-0.15, -0.1) is 0 Å². The zero-order valence-electron chi connectivity index (χ0n) is 7.82. The van der Waals surface area contributed by atoms with Gasteiger partial charge in [0.25, 0.3) is 5.56 Å². The lowest BCUT2D eigenvalue weighted by Gasteiger charge is -2.02. The van der Waals surface area contributed by atoms with Gasteiger partial charge in [-0.1, -0.05) is 24.3 Å². The molecule has 2 aromatic rings. The first-order valence-electron chi connectivity index (χ1n) is 4.38. The standard InChI is InChI=1S/C11H10N2O/c1-8-4-2-3-5-9(8)10-6-12-7-13-11(10)14/h2-7H,1H3,(H,12,13,14). The number of aryl methyl sites for hydroxylation is 1. The van der Waals surface area contributed by atoms with Crippen LogP contribution < -0.4 is 5.56 Å². The van der Waals surface area contributed by atoms with Crippen molar-refractivity contribution < 1.29 is 0 Å². The van der Waals surface area contributed by atoms with E-state index >= 15 is 0 Å². The molecule has 0 aliphatic carbocycles. The molecule has 0 unspecified atom stereocenters. The van der Waals surface area contributed by atoms with Gasteiger partial charge in [-0.05, 0) is 18.1 Å². The molecule has 1 aromatic carbocycles. The monoisotopic (exact) mass is 186 g/mol. The molecule has 2 rings (SSSR count). The van der Waals surface area contributed by atoms with E-state index in [1.807, 2.05) is 31.2 Å². The summed E-state index contributed by atoms with van der Waals surface area (Å²) in [6, 6.07) is 7.75. The van der Waals surface area contributed by atoms with E-state index in [0.717, 1.165) is 11.1 Å². The zero-order valence-corrected chi connectivity index (χ0v) is 7.82. The topological polar surface area (TPSA) is 45.8 Å². The summed E-state index contributed by atoms with van der Waals surface area (Å²) in [5, 5.41) is 0. The van der Waals surface area contributed by atoms with E-state index in [2.05, 4.69) is 9.97 Å². The molecule has 3 nitrogen and oxygen atoms in total. The molecule has 0 spiro atoms. The Labute approximate surface area is 81.5 Å². The van der Waals surface area contributed by atoms with E-state index in [4.69, 9.17) is 0 Å². The van der Waals surface area contributed by atoms with Crippen LogP contribution in [0.2, 0.25) is 0 Å². The number of H-pyrrole nitrogens is 1. The van der Waals surface area contributed by atoms with Crippen molar-refractivity contribution >= 4 is 0 Å². The minimum Gasteiger partial charge on any atom is -0.313 e. The summed E-state index contributed by atoms with van der Waals surface area (Å²) in [6.45, 7) is 1.97. The number of aromatic nitrogens is 2. The predicted octanol–water partition coefficient (Wildman–Crippen LogP) is 1.75. The zero-order chi connectivity index (χ0) is 9.97. The number of benzene rings is 1. The van der Waals surface area contributed by atoms with Gasteiger partial charge in [0.15, 0.2) is 0 Å². The van der Waals surface area contributed by atoms with Crippen LogP contribution in [0.5, 0.6) is 0 Å². The van der Waals surface area contributed by atoms with Crippen molar-refractivity contribution in [1.29, 1.82) is 0 Å². The second-order valence-corrected chi connectivity index (χ2v) is 3.11. The summed E-state index contributed by atoms with van der Waals surface area (Å²) in [4.78, 5) is 17.9. The maximum absolute atomic E-state index is 11.5. The lowest BCUT2D eigenvalue weighted by Crippen LogP contribution is -2.08. The van der Waals surface area contributed by atoms with Crippen LogP contribution in [0.3, 0.4) is 0 Å². The summed E-state index contributed by atoms with van der Waals surface area (Å²) >= 11 is 0. The quantitative estimate of drug-likeness (QED) is 0.737. The highest BCUT2D eigenvalue weighted by atomic mass is 16.1. The summed E-state index contributed by atoms with van der Waals surface area (Å²) in [6.07, 6.45) is 2.98. The van der Waals surface area contributed by atoms with Gasteiger partial charge in [-0.2, -0.15) is 0 Å². The van der Waals surface area contributed by atoms with Gasteiger partial charge in [0.2, 0.25) is 0 Å². The lowest BCUT2D eigenvalue weighted by atomic mass is 10.0. The molecular formula is C11H10N2O. The van der Waals surface area contributed by atoms with E-state index in [9.17, 15) is 4.79 Å². The number of hydrogen-bond acceptors (Lipinski definition) is 2. The molecular weight excluding hydrogens is 176 g/mol. The molecule has 70 valence electrons. The second kappa shape index (κ2) is 3.46. The smallest absolute Gasteiger partial charge is 0.258 e. The first-order chi connectivity index (χ1) is 6.79. The highest BCUT2D eigenvalue weighted by molar-refractivity contribution is 5.64. The van der Waals surface area contributed by atoms with E-state index in [1.54, 1.807) is 6.20 Å². The maximum Gasteiger partial charge on any atom is 0.258 e. The number of rotatable bonds is 1. The van der Waals surface area contributed by atoms with Crippen LogP contribution >= 0.6 is 0 Å². The Morgan fingerprint density at radius 3 is 2.71 bits per heavy atom. The molecule has 0 aliphatic rings. The van der Waals surface area contributed by atoms with Crippen LogP contribution in [-0.4, -0.2) is 9.97 Å². The molecule has 0 saturated carbocycles. The van der Waals surface area contributed by atoms with Crippen molar-refractivity contribution in [1.82, 2.24) is 9.97 Å². The molecule has 14 heavy (non-hydrogen) atoms. The summed E-state index contributed by atoms with van der Waals surface area (Å²) in [5.41, 5.74) is 2.52. The van der Waals surface area contributed by atoms with Crippen molar-refractivity contribution in [2.75, 3.05) is 0 Å². The van der Waals surface area contributed by atoms with Crippen LogP contribution in [0.1, 0.15) is 5.56 Å². The molecule has 1 N–H and O–H groups in total. The van der Waals surface area contributed by atoms with Gasteiger partial charge >= 0.3 is 0 Å². The predicted molar refractivity (Wildman–Crippen MR) is 55.0 cm³/mol. The fraction of sp³-hybridized carbons (Fsp3) is 0.0909. The van der Waals surface area contributed by atoms with Crippen LogP contribution in [0.25, 0.3) is 11.1 Å². The van der Waals surface area contributed by atoms with Gasteiger partial charge < -0.3 is 4.98 Å². The molecule has 0 aliphatic heterocycles. The molecule has 0 saturated heterocycles. The second-order valence-electron chi connectivity index (χ2n) is 3.11. The van der Waals surface area contributed by atoms with Gasteiger partial charge in [0, 0.05) is 6.20 Å². The fourth-order valence-corrected chi connectivity index (χ4v) is 1.41. The first kappa shape index (κ1) is 8.69. The maximum atomic E-state index is 11.5. The number of aromatic amines is 1. The summed E-state index contributed by atoms with van der Waals surface area (Å²) in [5.74, 6) is 0. The average molecular weight is 186 g/mol. The SMILES string of the molecule is Cc1ccccc1-c1cnc[nH]c1=O. The molecule has 0 fully saturated rings. The number of hydrogen-bond donors (Lipinski definition) is 1. The third-order valence-electron chi connectivity index (χ3n) is 2.15. The minimum absolute atomic E-state index is 0.102.